The van der Waals surface area contributed by atoms with Crippen LogP contribution in [-0.4, -0.2) is 23.9 Å². The van der Waals surface area contributed by atoms with Gasteiger partial charge in [-0.05, 0) is 30.0 Å². The Morgan fingerprint density at radius 1 is 1.45 bits per heavy atom. The second kappa shape index (κ2) is 5.85. The van der Waals surface area contributed by atoms with E-state index < -0.39 is 0 Å². The Kier molecular flexibility index (Phi) is 3.93. The van der Waals surface area contributed by atoms with Crippen molar-refractivity contribution >= 4 is 16.5 Å². The van der Waals surface area contributed by atoms with E-state index in [1.807, 2.05) is 6.07 Å². The lowest BCUT2D eigenvalue weighted by molar-refractivity contribution is 0.202. The highest BCUT2D eigenvalue weighted by Crippen LogP contribution is 2.35. The van der Waals surface area contributed by atoms with E-state index in [0.717, 1.165) is 40.5 Å². The van der Waals surface area contributed by atoms with Crippen LogP contribution in [0.25, 0.3) is 0 Å². The van der Waals surface area contributed by atoms with Crippen LogP contribution < -0.4 is 5.32 Å². The molecule has 0 aliphatic heterocycles. The number of hydrogen-bond acceptors (Lipinski definition) is 5. The molecule has 6 heteroatoms. The van der Waals surface area contributed by atoms with E-state index >= 15 is 0 Å². The third-order valence-electron chi connectivity index (χ3n) is 3.50. The molecule has 1 N–H and O–H groups in total. The van der Waals surface area contributed by atoms with Crippen LogP contribution in [0.2, 0.25) is 0 Å². The maximum Gasteiger partial charge on any atom is 0.206 e. The number of rotatable bonds is 5. The van der Waals surface area contributed by atoms with Crippen molar-refractivity contribution in [2.75, 3.05) is 19.0 Å². The molecule has 3 rings (SSSR count). The zero-order chi connectivity index (χ0) is 13.9. The van der Waals surface area contributed by atoms with Crippen molar-refractivity contribution in [2.24, 2.45) is 0 Å². The van der Waals surface area contributed by atoms with Gasteiger partial charge in [-0.25, -0.2) is 4.39 Å². The van der Waals surface area contributed by atoms with Crippen LogP contribution >= 0.6 is 11.3 Å². The monoisotopic (exact) mass is 293 g/mol. The van der Waals surface area contributed by atoms with E-state index in [1.54, 1.807) is 13.2 Å². The summed E-state index contributed by atoms with van der Waals surface area (Å²) in [5.41, 5.74) is 1.87. The Bertz CT molecular complexity index is 602. The summed E-state index contributed by atoms with van der Waals surface area (Å²) in [6.45, 7) is 0.645. The van der Waals surface area contributed by atoms with E-state index in [-0.39, 0.29) is 11.9 Å². The molecule has 1 aliphatic rings. The standard InChI is InChI=1S/C14H16FN3OS/c1-19-8-7-13-17-18-14(20-13)16-12-6-5-9-10(12)3-2-4-11(9)15/h2-4,12H,5-8H2,1H3,(H,16,18)/t12-/m1/s1. The fraction of sp³-hybridized carbons (Fsp3) is 0.429. The van der Waals surface area contributed by atoms with E-state index in [4.69, 9.17) is 4.74 Å². The molecule has 0 bridgehead atoms. The Labute approximate surface area is 121 Å². The predicted molar refractivity (Wildman–Crippen MR) is 76.6 cm³/mol. The summed E-state index contributed by atoms with van der Waals surface area (Å²) < 4.78 is 18.7. The molecule has 4 nitrogen and oxygen atoms in total. The molecule has 0 fully saturated rings. The van der Waals surface area contributed by atoms with E-state index in [1.165, 1.54) is 17.4 Å². The molecule has 0 saturated heterocycles. The second-order valence-corrected chi connectivity index (χ2v) is 5.85. The van der Waals surface area contributed by atoms with Crippen LogP contribution in [0.3, 0.4) is 0 Å². The van der Waals surface area contributed by atoms with Crippen LogP contribution in [0.15, 0.2) is 18.2 Å². The lowest BCUT2D eigenvalue weighted by atomic mass is 10.1. The summed E-state index contributed by atoms with van der Waals surface area (Å²) in [6, 6.07) is 5.40. The average molecular weight is 293 g/mol. The van der Waals surface area contributed by atoms with Gasteiger partial charge in [0.2, 0.25) is 5.13 Å². The SMILES string of the molecule is COCCc1nnc(N[C@@H]2CCc3c(F)cccc32)s1. The van der Waals surface area contributed by atoms with Gasteiger partial charge >= 0.3 is 0 Å². The zero-order valence-corrected chi connectivity index (χ0v) is 12.0. The van der Waals surface area contributed by atoms with Crippen molar-refractivity contribution in [1.82, 2.24) is 10.2 Å². The van der Waals surface area contributed by atoms with E-state index in [2.05, 4.69) is 15.5 Å². The molecule has 1 aromatic heterocycles. The number of anilines is 1. The predicted octanol–water partition coefficient (Wildman–Crippen LogP) is 2.97. The van der Waals surface area contributed by atoms with Crippen LogP contribution in [0.5, 0.6) is 0 Å². The number of benzene rings is 1. The number of methoxy groups -OCH3 is 1. The molecule has 2 aromatic rings. The summed E-state index contributed by atoms with van der Waals surface area (Å²) in [7, 11) is 1.67. The van der Waals surface area contributed by atoms with E-state index in [0.29, 0.717) is 6.61 Å². The minimum absolute atomic E-state index is 0.107. The summed E-state index contributed by atoms with van der Waals surface area (Å²) in [5.74, 6) is -0.107. The molecule has 1 atom stereocenters. The molecule has 0 spiro atoms. The van der Waals surface area contributed by atoms with Crippen molar-refractivity contribution in [2.45, 2.75) is 25.3 Å². The van der Waals surface area contributed by atoms with Crippen LogP contribution in [0.4, 0.5) is 9.52 Å². The van der Waals surface area contributed by atoms with Crippen LogP contribution in [-0.2, 0) is 17.6 Å². The highest BCUT2D eigenvalue weighted by atomic mass is 32.1. The van der Waals surface area contributed by atoms with Crippen molar-refractivity contribution in [3.63, 3.8) is 0 Å². The average Bonchev–Trinajstić information content (AvgIpc) is 3.06. The van der Waals surface area contributed by atoms with Gasteiger partial charge in [-0.15, -0.1) is 10.2 Å². The summed E-state index contributed by atoms with van der Waals surface area (Å²) in [4.78, 5) is 0. The maximum absolute atomic E-state index is 13.7. The molecular weight excluding hydrogens is 277 g/mol. The Morgan fingerprint density at radius 2 is 2.35 bits per heavy atom. The van der Waals surface area contributed by atoms with Crippen LogP contribution in [0.1, 0.15) is 28.6 Å². The molecule has 1 aliphatic carbocycles. The number of fused-ring (bicyclic) bond motifs is 1. The van der Waals surface area contributed by atoms with E-state index in [9.17, 15) is 4.39 Å². The minimum atomic E-state index is -0.107. The lowest BCUT2D eigenvalue weighted by Gasteiger charge is -2.12. The van der Waals surface area contributed by atoms with Gasteiger partial charge in [0.05, 0.1) is 12.6 Å². The molecule has 1 heterocycles. The van der Waals surface area contributed by atoms with Gasteiger partial charge in [-0.1, -0.05) is 23.5 Å². The third kappa shape index (κ3) is 2.66. The Balaban J connectivity index is 1.71. The van der Waals surface area contributed by atoms with Gasteiger partial charge in [0.1, 0.15) is 10.8 Å². The normalized spacial score (nSPS) is 17.2. The van der Waals surface area contributed by atoms with Gasteiger partial charge in [-0.3, -0.25) is 0 Å². The first-order valence-corrected chi connectivity index (χ1v) is 7.44. The fourth-order valence-electron chi connectivity index (χ4n) is 2.51. The first-order valence-electron chi connectivity index (χ1n) is 6.63. The molecule has 20 heavy (non-hydrogen) atoms. The number of halogens is 1. The smallest absolute Gasteiger partial charge is 0.206 e. The number of nitrogens with zero attached hydrogens (tertiary/aromatic N) is 2. The number of ether oxygens (including phenoxy) is 1. The molecule has 106 valence electrons. The summed E-state index contributed by atoms with van der Waals surface area (Å²) in [6.07, 6.45) is 2.43. The summed E-state index contributed by atoms with van der Waals surface area (Å²) in [5, 5.41) is 13.4. The van der Waals surface area contributed by atoms with Gasteiger partial charge in [0.25, 0.3) is 0 Å². The first kappa shape index (κ1) is 13.5. The van der Waals surface area contributed by atoms with Gasteiger partial charge in [0.15, 0.2) is 0 Å². The maximum atomic E-state index is 13.7. The number of hydrogen-bond donors (Lipinski definition) is 1. The van der Waals surface area contributed by atoms with Crippen molar-refractivity contribution < 1.29 is 9.13 Å². The highest BCUT2D eigenvalue weighted by molar-refractivity contribution is 7.15. The van der Waals surface area contributed by atoms with Crippen LogP contribution in [0, 0.1) is 5.82 Å². The molecule has 0 unspecified atom stereocenters. The molecule has 0 saturated carbocycles. The summed E-state index contributed by atoms with van der Waals surface area (Å²) >= 11 is 1.53. The largest absolute Gasteiger partial charge is 0.384 e. The fourth-order valence-corrected chi connectivity index (χ4v) is 3.28. The Morgan fingerprint density at radius 3 is 3.20 bits per heavy atom. The van der Waals surface area contributed by atoms with Crippen molar-refractivity contribution in [1.29, 1.82) is 0 Å². The molecule has 0 radical (unpaired) electrons. The van der Waals surface area contributed by atoms with Crippen molar-refractivity contribution in [3.8, 4) is 0 Å². The molecule has 1 aromatic carbocycles. The minimum Gasteiger partial charge on any atom is -0.384 e. The zero-order valence-electron chi connectivity index (χ0n) is 11.2. The van der Waals surface area contributed by atoms with Crippen molar-refractivity contribution in [3.05, 3.63) is 40.2 Å². The van der Waals surface area contributed by atoms with Gasteiger partial charge < -0.3 is 10.1 Å². The topological polar surface area (TPSA) is 47.0 Å². The van der Waals surface area contributed by atoms with Gasteiger partial charge in [0, 0.05) is 13.5 Å². The highest BCUT2D eigenvalue weighted by Gasteiger charge is 2.25. The lowest BCUT2D eigenvalue weighted by Crippen LogP contribution is -2.06. The third-order valence-corrected chi connectivity index (χ3v) is 4.41. The first-order chi connectivity index (χ1) is 9.78. The quantitative estimate of drug-likeness (QED) is 0.920. The second-order valence-electron chi connectivity index (χ2n) is 4.79. The number of nitrogens with one attached hydrogen (secondary N) is 1. The Hall–Kier alpha value is -1.53. The number of aromatic nitrogens is 2. The van der Waals surface area contributed by atoms with Gasteiger partial charge in [-0.2, -0.15) is 0 Å². The molecule has 0 amide bonds. The molecular formula is C14H16FN3OS.